The molecular formula is C21H26N4OS. The summed E-state index contributed by atoms with van der Waals surface area (Å²) in [5, 5.41) is 5.33. The molecule has 0 aliphatic rings. The van der Waals surface area contributed by atoms with E-state index in [0.717, 1.165) is 24.6 Å². The highest BCUT2D eigenvalue weighted by Gasteiger charge is 2.13. The summed E-state index contributed by atoms with van der Waals surface area (Å²) in [5.74, 6) is 0. The van der Waals surface area contributed by atoms with Crippen LogP contribution in [0.1, 0.15) is 16.8 Å². The number of aromatic nitrogens is 2. The summed E-state index contributed by atoms with van der Waals surface area (Å²) in [5.41, 5.74) is 4.95. The van der Waals surface area contributed by atoms with E-state index in [4.69, 9.17) is 17.0 Å². The largest absolute Gasteiger partial charge is 0.383 e. The minimum atomic E-state index is 0.630. The number of para-hydroxylation sites is 1. The minimum Gasteiger partial charge on any atom is -0.383 e. The Morgan fingerprint density at radius 2 is 2.00 bits per heavy atom. The second kappa shape index (κ2) is 9.48. The Morgan fingerprint density at radius 1 is 1.22 bits per heavy atom. The van der Waals surface area contributed by atoms with Gasteiger partial charge in [-0.1, -0.05) is 18.2 Å². The van der Waals surface area contributed by atoms with Crippen LogP contribution in [0.25, 0.3) is 10.9 Å². The van der Waals surface area contributed by atoms with Crippen LogP contribution in [0.15, 0.2) is 48.8 Å². The number of nitrogens with one attached hydrogen (secondary N) is 2. The van der Waals surface area contributed by atoms with E-state index in [1.54, 1.807) is 7.11 Å². The van der Waals surface area contributed by atoms with Crippen molar-refractivity contribution in [3.63, 3.8) is 0 Å². The van der Waals surface area contributed by atoms with Crippen molar-refractivity contribution in [3.05, 3.63) is 65.6 Å². The monoisotopic (exact) mass is 382 g/mol. The second-order valence-corrected chi connectivity index (χ2v) is 6.91. The van der Waals surface area contributed by atoms with Gasteiger partial charge in [-0.3, -0.25) is 4.98 Å². The van der Waals surface area contributed by atoms with Crippen LogP contribution in [-0.2, 0) is 17.7 Å². The SMILES string of the molecule is COCCNC(=S)N(CCc1c(C)[nH]c2ccccc12)Cc1ccncc1. The molecule has 0 amide bonds. The lowest BCUT2D eigenvalue weighted by molar-refractivity contribution is 0.203. The summed E-state index contributed by atoms with van der Waals surface area (Å²) < 4.78 is 5.12. The van der Waals surface area contributed by atoms with Gasteiger partial charge in [0, 0.05) is 55.7 Å². The standard InChI is InChI=1S/C21H26N4OS/c1-16-18(19-5-3-4-6-20(19)24-16)9-13-25(21(27)23-12-14-26-2)15-17-7-10-22-11-8-17/h3-8,10-11,24H,9,12-15H2,1-2H3,(H,23,27). The number of thiocarbonyl (C=S) groups is 1. The zero-order chi connectivity index (χ0) is 19.1. The highest BCUT2D eigenvalue weighted by molar-refractivity contribution is 7.80. The van der Waals surface area contributed by atoms with Crippen molar-refractivity contribution in [2.45, 2.75) is 19.9 Å². The van der Waals surface area contributed by atoms with Crippen LogP contribution in [-0.4, -0.2) is 46.8 Å². The number of fused-ring (bicyclic) bond motifs is 1. The molecule has 0 fully saturated rings. The molecule has 6 heteroatoms. The van der Waals surface area contributed by atoms with Crippen LogP contribution in [0.4, 0.5) is 0 Å². The molecule has 0 saturated heterocycles. The summed E-state index contributed by atoms with van der Waals surface area (Å²) in [7, 11) is 1.69. The van der Waals surface area contributed by atoms with Crippen LogP contribution < -0.4 is 5.32 Å². The summed E-state index contributed by atoms with van der Waals surface area (Å²) in [4.78, 5) is 9.79. The molecule has 1 aromatic carbocycles. The molecule has 3 rings (SSSR count). The summed E-state index contributed by atoms with van der Waals surface area (Å²) in [6.07, 6.45) is 4.56. The number of ether oxygens (including phenoxy) is 1. The third-order valence-corrected chi connectivity index (χ3v) is 5.05. The topological polar surface area (TPSA) is 53.2 Å². The number of rotatable bonds is 8. The highest BCUT2D eigenvalue weighted by Crippen LogP contribution is 2.22. The number of hydrogen-bond acceptors (Lipinski definition) is 3. The average molecular weight is 383 g/mol. The zero-order valence-corrected chi connectivity index (χ0v) is 16.7. The molecule has 0 atom stereocenters. The Balaban J connectivity index is 1.73. The van der Waals surface area contributed by atoms with E-state index >= 15 is 0 Å². The molecular weight excluding hydrogens is 356 g/mol. The Bertz CT molecular complexity index is 878. The molecule has 142 valence electrons. The molecule has 2 aromatic heterocycles. The molecule has 0 unspecified atom stereocenters. The third kappa shape index (κ3) is 5.05. The lowest BCUT2D eigenvalue weighted by Crippen LogP contribution is -2.41. The second-order valence-electron chi connectivity index (χ2n) is 6.53. The number of pyridine rings is 1. The average Bonchev–Trinajstić information content (AvgIpc) is 3.01. The number of benzene rings is 1. The Hall–Kier alpha value is -2.44. The molecule has 0 aliphatic heterocycles. The van der Waals surface area contributed by atoms with Crippen LogP contribution in [0.5, 0.6) is 0 Å². The van der Waals surface area contributed by atoms with Gasteiger partial charge < -0.3 is 19.9 Å². The summed E-state index contributed by atoms with van der Waals surface area (Å²) >= 11 is 5.65. The van der Waals surface area contributed by atoms with Gasteiger partial charge in [-0.2, -0.15) is 0 Å². The predicted octanol–water partition coefficient (Wildman–Crippen LogP) is 3.44. The Labute approximate surface area is 165 Å². The van der Waals surface area contributed by atoms with Crippen LogP contribution in [0.3, 0.4) is 0 Å². The molecule has 2 N–H and O–H groups in total. The molecule has 5 nitrogen and oxygen atoms in total. The summed E-state index contributed by atoms with van der Waals surface area (Å²) in [6.45, 7) is 5.06. The third-order valence-electron chi connectivity index (χ3n) is 4.65. The number of H-pyrrole nitrogens is 1. The van der Waals surface area contributed by atoms with Gasteiger partial charge in [-0.25, -0.2) is 0 Å². The number of hydrogen-bond donors (Lipinski definition) is 2. The predicted molar refractivity (Wildman–Crippen MR) is 114 cm³/mol. The molecule has 0 saturated carbocycles. The van der Waals surface area contributed by atoms with Crippen LogP contribution in [0.2, 0.25) is 0 Å². The van der Waals surface area contributed by atoms with Crippen LogP contribution >= 0.6 is 12.2 Å². The Morgan fingerprint density at radius 3 is 2.78 bits per heavy atom. The fourth-order valence-corrected chi connectivity index (χ4v) is 3.49. The van der Waals surface area contributed by atoms with Gasteiger partial charge in [0.15, 0.2) is 5.11 Å². The first-order chi connectivity index (χ1) is 13.2. The number of aryl methyl sites for hydroxylation is 1. The van der Waals surface area contributed by atoms with Gasteiger partial charge in [-0.05, 0) is 54.9 Å². The van der Waals surface area contributed by atoms with Crippen molar-refractivity contribution in [1.82, 2.24) is 20.2 Å². The van der Waals surface area contributed by atoms with Crippen molar-refractivity contribution >= 4 is 28.2 Å². The van der Waals surface area contributed by atoms with E-state index in [0.29, 0.717) is 13.2 Å². The molecule has 0 radical (unpaired) electrons. The zero-order valence-electron chi connectivity index (χ0n) is 15.9. The van der Waals surface area contributed by atoms with E-state index in [1.165, 1.54) is 27.7 Å². The minimum absolute atomic E-state index is 0.630. The smallest absolute Gasteiger partial charge is 0.169 e. The maximum atomic E-state index is 5.65. The van der Waals surface area contributed by atoms with Crippen molar-refractivity contribution in [3.8, 4) is 0 Å². The van der Waals surface area contributed by atoms with E-state index in [1.807, 2.05) is 24.5 Å². The van der Waals surface area contributed by atoms with E-state index in [2.05, 4.69) is 51.4 Å². The fraction of sp³-hybridized carbons (Fsp3) is 0.333. The normalized spacial score (nSPS) is 10.9. The van der Waals surface area contributed by atoms with Gasteiger partial charge in [0.25, 0.3) is 0 Å². The molecule has 2 heterocycles. The lowest BCUT2D eigenvalue weighted by atomic mass is 10.1. The summed E-state index contributed by atoms with van der Waals surface area (Å²) in [6, 6.07) is 12.5. The maximum absolute atomic E-state index is 5.65. The molecule has 27 heavy (non-hydrogen) atoms. The van der Waals surface area contributed by atoms with Gasteiger partial charge in [0.2, 0.25) is 0 Å². The van der Waals surface area contributed by atoms with Crippen LogP contribution in [0, 0.1) is 6.92 Å². The van der Waals surface area contributed by atoms with E-state index in [-0.39, 0.29) is 0 Å². The lowest BCUT2D eigenvalue weighted by Gasteiger charge is -2.26. The highest BCUT2D eigenvalue weighted by atomic mass is 32.1. The van der Waals surface area contributed by atoms with Crippen molar-refractivity contribution < 1.29 is 4.74 Å². The fourth-order valence-electron chi connectivity index (χ4n) is 3.24. The van der Waals surface area contributed by atoms with E-state index < -0.39 is 0 Å². The Kier molecular flexibility index (Phi) is 6.79. The first-order valence-corrected chi connectivity index (χ1v) is 9.56. The van der Waals surface area contributed by atoms with Crippen molar-refractivity contribution in [2.75, 3.05) is 26.8 Å². The first-order valence-electron chi connectivity index (χ1n) is 9.16. The first kappa shape index (κ1) is 19.3. The molecule has 0 bridgehead atoms. The van der Waals surface area contributed by atoms with Crippen molar-refractivity contribution in [2.24, 2.45) is 0 Å². The number of aromatic amines is 1. The van der Waals surface area contributed by atoms with Gasteiger partial charge >= 0.3 is 0 Å². The number of nitrogens with zero attached hydrogens (tertiary/aromatic N) is 2. The van der Waals surface area contributed by atoms with Gasteiger partial charge in [0.1, 0.15) is 0 Å². The quantitative estimate of drug-likeness (QED) is 0.462. The molecule has 3 aromatic rings. The van der Waals surface area contributed by atoms with Crippen molar-refractivity contribution in [1.29, 1.82) is 0 Å². The number of methoxy groups -OCH3 is 1. The molecule has 0 spiro atoms. The maximum Gasteiger partial charge on any atom is 0.169 e. The molecule has 0 aliphatic carbocycles. The van der Waals surface area contributed by atoms with Gasteiger partial charge in [0.05, 0.1) is 6.61 Å². The van der Waals surface area contributed by atoms with E-state index in [9.17, 15) is 0 Å². The van der Waals surface area contributed by atoms with Gasteiger partial charge in [-0.15, -0.1) is 0 Å².